The summed E-state index contributed by atoms with van der Waals surface area (Å²) in [7, 11) is 17.6. The van der Waals surface area contributed by atoms with Crippen LogP contribution >= 0.6 is 0 Å². The highest BCUT2D eigenvalue weighted by Gasteiger charge is 2.40. The average molecular weight is 727 g/mol. The zero-order chi connectivity index (χ0) is 37.6. The van der Waals surface area contributed by atoms with Gasteiger partial charge in [0.2, 0.25) is 11.5 Å². The van der Waals surface area contributed by atoms with Crippen molar-refractivity contribution in [2.24, 2.45) is 0 Å². The van der Waals surface area contributed by atoms with E-state index >= 15 is 0 Å². The third-order valence-corrected chi connectivity index (χ3v) is 11.2. The Morgan fingerprint density at radius 3 is 1.85 bits per heavy atom. The summed E-state index contributed by atoms with van der Waals surface area (Å²) in [5.74, 6) is 6.17. The van der Waals surface area contributed by atoms with Gasteiger partial charge in [-0.15, -0.1) is 0 Å². The van der Waals surface area contributed by atoms with Crippen molar-refractivity contribution in [3.8, 4) is 68.6 Å². The summed E-state index contributed by atoms with van der Waals surface area (Å²) in [6, 6.07) is 12.5. The van der Waals surface area contributed by atoms with E-state index in [1.54, 1.807) is 56.9 Å². The molecule has 0 amide bonds. The molecule has 0 unspecified atom stereocenters. The van der Waals surface area contributed by atoms with Crippen LogP contribution < -0.4 is 42.6 Å². The minimum absolute atomic E-state index is 0.0648. The SMILES string of the molecule is COc1cc2c(cc1OC)[C@@H](Cc1ccc(OC)c(Oc3cc4c(cc3OC)-c3c(OC)c(OC)c(OC)c5c3[C@H](C4)N(C)CC5)c1OC)N(C)CC2. The lowest BCUT2D eigenvalue weighted by Crippen LogP contribution is -2.36. The minimum atomic E-state index is 0.0648. The van der Waals surface area contributed by atoms with Gasteiger partial charge < -0.3 is 42.6 Å². The average Bonchev–Trinajstić information content (AvgIpc) is 3.18. The van der Waals surface area contributed by atoms with Crippen molar-refractivity contribution in [2.45, 2.75) is 37.8 Å². The number of rotatable bonds is 12. The first-order chi connectivity index (χ1) is 25.7. The van der Waals surface area contributed by atoms with Gasteiger partial charge in [0.15, 0.2) is 46.0 Å². The van der Waals surface area contributed by atoms with Crippen LogP contribution in [0.25, 0.3) is 11.1 Å². The molecule has 0 fully saturated rings. The molecule has 3 aliphatic rings. The lowest BCUT2D eigenvalue weighted by atomic mass is 9.76. The summed E-state index contributed by atoms with van der Waals surface area (Å²) in [5.41, 5.74) is 8.89. The lowest BCUT2D eigenvalue weighted by Gasteiger charge is -2.41. The van der Waals surface area contributed by atoms with Gasteiger partial charge in [-0.3, -0.25) is 9.80 Å². The molecule has 2 aliphatic heterocycles. The Morgan fingerprint density at radius 1 is 0.566 bits per heavy atom. The number of fused-ring (bicyclic) bond motifs is 3. The van der Waals surface area contributed by atoms with E-state index in [0.717, 1.165) is 71.7 Å². The van der Waals surface area contributed by atoms with E-state index in [9.17, 15) is 0 Å². The third-order valence-electron chi connectivity index (χ3n) is 11.2. The Labute approximate surface area is 312 Å². The van der Waals surface area contributed by atoms with Crippen LogP contribution in [0.1, 0.15) is 45.5 Å². The predicted molar refractivity (Wildman–Crippen MR) is 203 cm³/mol. The molecule has 11 heteroatoms. The Bertz CT molecular complexity index is 2030. The van der Waals surface area contributed by atoms with Crippen LogP contribution in [0.4, 0.5) is 0 Å². The maximum absolute atomic E-state index is 6.85. The van der Waals surface area contributed by atoms with E-state index < -0.39 is 0 Å². The summed E-state index contributed by atoms with van der Waals surface area (Å²) in [5, 5.41) is 0. The molecule has 0 bridgehead atoms. The molecule has 4 aromatic carbocycles. The van der Waals surface area contributed by atoms with Crippen LogP contribution in [0, 0.1) is 0 Å². The zero-order valence-electron chi connectivity index (χ0n) is 32.4. The third kappa shape index (κ3) is 5.99. The van der Waals surface area contributed by atoms with Crippen LogP contribution in [0.5, 0.6) is 57.5 Å². The molecular weight excluding hydrogens is 676 g/mol. The van der Waals surface area contributed by atoms with Gasteiger partial charge >= 0.3 is 0 Å². The van der Waals surface area contributed by atoms with Gasteiger partial charge in [-0.25, -0.2) is 0 Å². The van der Waals surface area contributed by atoms with Crippen LogP contribution in [0.2, 0.25) is 0 Å². The highest BCUT2D eigenvalue weighted by molar-refractivity contribution is 5.87. The van der Waals surface area contributed by atoms with Gasteiger partial charge in [0.1, 0.15) is 0 Å². The van der Waals surface area contributed by atoms with Gasteiger partial charge in [0.05, 0.1) is 56.9 Å². The minimum Gasteiger partial charge on any atom is -0.493 e. The number of benzene rings is 4. The normalized spacial score (nSPS) is 17.5. The number of ether oxygens (including phenoxy) is 9. The smallest absolute Gasteiger partial charge is 0.211 e. The van der Waals surface area contributed by atoms with E-state index in [1.807, 2.05) is 12.1 Å². The summed E-state index contributed by atoms with van der Waals surface area (Å²) >= 11 is 0. The molecule has 0 radical (unpaired) electrons. The van der Waals surface area contributed by atoms with Gasteiger partial charge in [0.25, 0.3) is 0 Å². The maximum atomic E-state index is 6.85. The molecule has 0 N–H and O–H groups in total. The first-order valence-corrected chi connectivity index (χ1v) is 17.9. The number of likely N-dealkylation sites (N-methyl/N-ethyl adjacent to an activating group) is 2. The summed E-state index contributed by atoms with van der Waals surface area (Å²) in [6.45, 7) is 1.80. The van der Waals surface area contributed by atoms with Crippen molar-refractivity contribution in [3.05, 3.63) is 69.8 Å². The molecule has 2 heterocycles. The van der Waals surface area contributed by atoms with Crippen molar-refractivity contribution >= 4 is 0 Å². The first-order valence-electron chi connectivity index (χ1n) is 17.9. The van der Waals surface area contributed by atoms with E-state index in [2.05, 4.69) is 48.2 Å². The number of methoxy groups -OCH3 is 8. The van der Waals surface area contributed by atoms with Crippen molar-refractivity contribution in [1.29, 1.82) is 0 Å². The number of hydrogen-bond acceptors (Lipinski definition) is 11. The second-order valence-corrected chi connectivity index (χ2v) is 13.7. The van der Waals surface area contributed by atoms with E-state index in [0.29, 0.717) is 52.4 Å². The topological polar surface area (TPSA) is 89.6 Å². The number of nitrogens with zero attached hydrogens (tertiary/aromatic N) is 2. The quantitative estimate of drug-likeness (QED) is 0.150. The molecule has 1 aliphatic carbocycles. The fraction of sp³-hybridized carbons (Fsp3) is 0.429. The van der Waals surface area contributed by atoms with Crippen LogP contribution in [0.15, 0.2) is 36.4 Å². The summed E-state index contributed by atoms with van der Waals surface area (Å²) < 4.78 is 54.2. The van der Waals surface area contributed by atoms with Gasteiger partial charge in [-0.2, -0.15) is 0 Å². The highest BCUT2D eigenvalue weighted by Crippen LogP contribution is 2.58. The molecule has 0 saturated carbocycles. The maximum Gasteiger partial charge on any atom is 0.211 e. The Hall–Kier alpha value is -5.00. The van der Waals surface area contributed by atoms with Gasteiger partial charge in [-0.1, -0.05) is 6.07 Å². The van der Waals surface area contributed by atoms with E-state index in [1.165, 1.54) is 16.7 Å². The van der Waals surface area contributed by atoms with Crippen LogP contribution in [0.3, 0.4) is 0 Å². The Morgan fingerprint density at radius 2 is 1.19 bits per heavy atom. The molecule has 0 aromatic heterocycles. The standard InChI is InChI=1S/C42H50N2O9/c1-43-15-13-23-19-32(46-4)33(47-5)21-27(23)29(43)17-24-11-12-31(45-3)40(38(24)49-7)53-35-20-25-18-30-36-26(14-16-44(30)2)39(50-8)42(52-10)41(51-9)37(36)28(25)22-34(35)48-6/h11-12,19-22,29-30H,13-18H2,1-10H3/t29-,30+/m1/s1. The lowest BCUT2D eigenvalue weighted by molar-refractivity contribution is 0.222. The van der Waals surface area contributed by atoms with E-state index in [4.69, 9.17) is 42.6 Å². The Kier molecular flexibility index (Phi) is 10.1. The second-order valence-electron chi connectivity index (χ2n) is 13.7. The highest BCUT2D eigenvalue weighted by atomic mass is 16.6. The molecule has 11 nitrogen and oxygen atoms in total. The molecule has 2 atom stereocenters. The fourth-order valence-electron chi connectivity index (χ4n) is 8.57. The van der Waals surface area contributed by atoms with Gasteiger partial charge in [0, 0.05) is 41.9 Å². The second kappa shape index (κ2) is 14.8. The molecule has 4 aromatic rings. The van der Waals surface area contributed by atoms with Crippen molar-refractivity contribution in [2.75, 3.05) is 84.1 Å². The van der Waals surface area contributed by atoms with Crippen molar-refractivity contribution in [1.82, 2.24) is 9.80 Å². The molecule has 53 heavy (non-hydrogen) atoms. The first kappa shape index (κ1) is 36.4. The molecule has 282 valence electrons. The Balaban J connectivity index is 1.33. The van der Waals surface area contributed by atoms with Crippen molar-refractivity contribution < 1.29 is 42.6 Å². The molecule has 0 spiro atoms. The van der Waals surface area contributed by atoms with Crippen LogP contribution in [-0.2, 0) is 25.7 Å². The molecule has 7 rings (SSSR count). The summed E-state index contributed by atoms with van der Waals surface area (Å²) in [6.07, 6.45) is 3.19. The largest absolute Gasteiger partial charge is 0.493 e. The van der Waals surface area contributed by atoms with Crippen molar-refractivity contribution in [3.63, 3.8) is 0 Å². The monoisotopic (exact) mass is 726 g/mol. The van der Waals surface area contributed by atoms with E-state index in [-0.39, 0.29) is 12.1 Å². The van der Waals surface area contributed by atoms with Crippen LogP contribution in [-0.4, -0.2) is 93.9 Å². The zero-order valence-corrected chi connectivity index (χ0v) is 32.4. The fourth-order valence-corrected chi connectivity index (χ4v) is 8.57. The molecule has 0 saturated heterocycles. The predicted octanol–water partition coefficient (Wildman–Crippen LogP) is 7.07. The summed E-state index contributed by atoms with van der Waals surface area (Å²) in [4.78, 5) is 4.77. The van der Waals surface area contributed by atoms with Gasteiger partial charge in [-0.05, 0) is 97.9 Å². The number of hydrogen-bond donors (Lipinski definition) is 0. The molecular formula is C42H50N2O9.